The smallest absolute Gasteiger partial charge is 0.307 e. The zero-order valence-electron chi connectivity index (χ0n) is 7.86. The largest absolute Gasteiger partial charge is 0.481 e. The molecule has 1 unspecified atom stereocenters. The highest BCUT2D eigenvalue weighted by atomic mass is 16.4. The highest BCUT2D eigenvalue weighted by Crippen LogP contribution is 2.40. The molecule has 0 saturated heterocycles. The molecule has 0 aromatic carbocycles. The molecular formula is C12H12O2. The number of aliphatic carboxylic acids is 1. The van der Waals surface area contributed by atoms with Gasteiger partial charge in [0.2, 0.25) is 0 Å². The molecule has 14 heavy (non-hydrogen) atoms. The number of hydrogen-bond acceptors (Lipinski definition) is 1. The van der Waals surface area contributed by atoms with Gasteiger partial charge in [-0.05, 0) is 17.6 Å². The molecule has 2 rings (SSSR count). The van der Waals surface area contributed by atoms with Gasteiger partial charge in [0.05, 0.1) is 6.42 Å². The maximum absolute atomic E-state index is 10.6. The first-order valence-electron chi connectivity index (χ1n) is 4.66. The summed E-state index contributed by atoms with van der Waals surface area (Å²) < 4.78 is 0. The van der Waals surface area contributed by atoms with Gasteiger partial charge in [0.1, 0.15) is 0 Å². The molecule has 2 heteroatoms. The van der Waals surface area contributed by atoms with Gasteiger partial charge in [-0.15, -0.1) is 0 Å². The van der Waals surface area contributed by atoms with E-state index in [1.165, 1.54) is 5.57 Å². The van der Waals surface area contributed by atoms with E-state index in [4.69, 9.17) is 5.11 Å². The van der Waals surface area contributed by atoms with E-state index in [0.29, 0.717) is 0 Å². The molecule has 0 saturated carbocycles. The van der Waals surface area contributed by atoms with Crippen molar-refractivity contribution in [2.75, 3.05) is 0 Å². The number of carboxylic acid groups (broad SMARTS) is 1. The van der Waals surface area contributed by atoms with Crippen LogP contribution in [0.3, 0.4) is 0 Å². The van der Waals surface area contributed by atoms with E-state index < -0.39 is 5.97 Å². The maximum Gasteiger partial charge on any atom is 0.307 e. The summed E-state index contributed by atoms with van der Waals surface area (Å²) in [5, 5.41) is 8.74. The fourth-order valence-electron chi connectivity index (χ4n) is 2.07. The molecule has 0 bridgehead atoms. The second kappa shape index (κ2) is 3.29. The summed E-state index contributed by atoms with van der Waals surface area (Å²) in [6.07, 6.45) is 9.06. The molecule has 0 fully saturated rings. The van der Waals surface area contributed by atoms with Gasteiger partial charge in [0.25, 0.3) is 0 Å². The van der Waals surface area contributed by atoms with Crippen LogP contribution in [0.2, 0.25) is 0 Å². The van der Waals surface area contributed by atoms with Crippen molar-refractivity contribution in [2.24, 2.45) is 5.92 Å². The Kier molecular flexibility index (Phi) is 2.12. The number of rotatable bonds is 2. The van der Waals surface area contributed by atoms with Crippen molar-refractivity contribution in [1.82, 2.24) is 0 Å². The van der Waals surface area contributed by atoms with Crippen LogP contribution in [0.5, 0.6) is 0 Å². The average molecular weight is 188 g/mol. The number of allylic oxidation sites excluding steroid dienone is 6. The Balaban J connectivity index is 2.26. The van der Waals surface area contributed by atoms with Crippen molar-refractivity contribution >= 4 is 5.97 Å². The lowest BCUT2D eigenvalue weighted by molar-refractivity contribution is -0.136. The predicted octanol–water partition coefficient (Wildman–Crippen LogP) is 2.46. The Morgan fingerprint density at radius 2 is 2.43 bits per heavy atom. The van der Waals surface area contributed by atoms with Crippen LogP contribution in [-0.2, 0) is 4.79 Å². The van der Waals surface area contributed by atoms with Gasteiger partial charge in [-0.1, -0.05) is 36.5 Å². The van der Waals surface area contributed by atoms with Crippen LogP contribution in [0.1, 0.15) is 12.8 Å². The van der Waals surface area contributed by atoms with Crippen LogP contribution >= 0.6 is 0 Å². The van der Waals surface area contributed by atoms with Gasteiger partial charge >= 0.3 is 5.97 Å². The first kappa shape index (κ1) is 9.00. The van der Waals surface area contributed by atoms with E-state index in [0.717, 1.165) is 17.6 Å². The second-order valence-electron chi connectivity index (χ2n) is 3.65. The highest BCUT2D eigenvalue weighted by Gasteiger charge is 2.27. The summed E-state index contributed by atoms with van der Waals surface area (Å²) in [6.45, 7) is 3.92. The molecule has 1 atom stereocenters. The molecule has 0 spiro atoms. The average Bonchev–Trinajstić information content (AvgIpc) is 2.44. The van der Waals surface area contributed by atoms with Crippen LogP contribution < -0.4 is 0 Å². The van der Waals surface area contributed by atoms with Crippen LogP contribution in [0.4, 0.5) is 0 Å². The van der Waals surface area contributed by atoms with Crippen LogP contribution in [0.15, 0.2) is 47.6 Å². The number of carboxylic acids is 1. The lowest BCUT2D eigenvalue weighted by Gasteiger charge is -2.16. The Hall–Kier alpha value is -1.57. The van der Waals surface area contributed by atoms with E-state index in [2.05, 4.69) is 12.7 Å². The zero-order chi connectivity index (χ0) is 10.1. The van der Waals surface area contributed by atoms with Crippen molar-refractivity contribution in [1.29, 1.82) is 0 Å². The summed E-state index contributed by atoms with van der Waals surface area (Å²) in [5.41, 5.74) is 3.14. The van der Waals surface area contributed by atoms with Gasteiger partial charge in [0, 0.05) is 5.92 Å². The Morgan fingerprint density at radius 3 is 3.14 bits per heavy atom. The summed E-state index contributed by atoms with van der Waals surface area (Å²) in [5.74, 6) is -0.497. The standard InChI is InChI=1S/C12H12O2/c1-8-6-9(7-12(13)14)11-5-3-2-4-10(8)11/h2-4,6,11H,1,5,7H2,(H,13,14). The van der Waals surface area contributed by atoms with Crippen LogP contribution in [0, 0.1) is 5.92 Å². The normalized spacial score (nSPS) is 24.3. The van der Waals surface area contributed by atoms with E-state index in [1.54, 1.807) is 0 Å². The minimum atomic E-state index is -0.764. The minimum Gasteiger partial charge on any atom is -0.481 e. The summed E-state index contributed by atoms with van der Waals surface area (Å²) in [6, 6.07) is 0. The molecule has 1 N–H and O–H groups in total. The Morgan fingerprint density at radius 1 is 1.64 bits per heavy atom. The minimum absolute atomic E-state index is 0.134. The number of hydrogen-bond donors (Lipinski definition) is 1. The Labute approximate surface area is 82.9 Å². The van der Waals surface area contributed by atoms with Crippen molar-refractivity contribution in [3.8, 4) is 0 Å². The fraction of sp³-hybridized carbons (Fsp3) is 0.250. The summed E-state index contributed by atoms with van der Waals surface area (Å²) >= 11 is 0. The molecule has 0 aliphatic heterocycles. The summed E-state index contributed by atoms with van der Waals surface area (Å²) in [4.78, 5) is 10.6. The maximum atomic E-state index is 10.6. The number of carbonyl (C=O) groups is 1. The van der Waals surface area contributed by atoms with Gasteiger partial charge in [0.15, 0.2) is 0 Å². The first-order valence-corrected chi connectivity index (χ1v) is 4.66. The third-order valence-corrected chi connectivity index (χ3v) is 2.69. The van der Waals surface area contributed by atoms with Crippen molar-refractivity contribution in [2.45, 2.75) is 12.8 Å². The highest BCUT2D eigenvalue weighted by molar-refractivity contribution is 5.72. The van der Waals surface area contributed by atoms with Crippen LogP contribution in [0.25, 0.3) is 0 Å². The van der Waals surface area contributed by atoms with Gasteiger partial charge in [-0.25, -0.2) is 0 Å². The van der Waals surface area contributed by atoms with E-state index in [1.807, 2.05) is 18.2 Å². The third-order valence-electron chi connectivity index (χ3n) is 2.69. The molecule has 0 heterocycles. The monoisotopic (exact) mass is 188 g/mol. The molecule has 0 radical (unpaired) electrons. The number of fused-ring (bicyclic) bond motifs is 1. The lowest BCUT2D eigenvalue weighted by Crippen LogP contribution is -2.07. The van der Waals surface area contributed by atoms with Crippen LogP contribution in [-0.4, -0.2) is 11.1 Å². The molecular weight excluding hydrogens is 176 g/mol. The molecule has 2 aliphatic carbocycles. The van der Waals surface area contributed by atoms with E-state index in [9.17, 15) is 4.79 Å². The lowest BCUT2D eigenvalue weighted by atomic mass is 9.88. The molecule has 0 aromatic heterocycles. The first-order chi connectivity index (χ1) is 6.68. The Bertz CT molecular complexity index is 383. The van der Waals surface area contributed by atoms with Gasteiger partial charge < -0.3 is 5.11 Å². The predicted molar refractivity (Wildman–Crippen MR) is 54.8 cm³/mol. The summed E-state index contributed by atoms with van der Waals surface area (Å²) in [7, 11) is 0. The molecule has 2 nitrogen and oxygen atoms in total. The van der Waals surface area contributed by atoms with Crippen molar-refractivity contribution < 1.29 is 9.90 Å². The molecule has 0 amide bonds. The SMILES string of the molecule is C=C1C=C(CC(=O)O)C2CC=CC=C12. The molecule has 0 aromatic rings. The zero-order valence-corrected chi connectivity index (χ0v) is 7.86. The quantitative estimate of drug-likeness (QED) is 0.722. The van der Waals surface area contributed by atoms with Gasteiger partial charge in [-0.3, -0.25) is 4.79 Å². The van der Waals surface area contributed by atoms with E-state index >= 15 is 0 Å². The molecule has 2 aliphatic rings. The van der Waals surface area contributed by atoms with Crippen molar-refractivity contribution in [3.05, 3.63) is 47.6 Å². The second-order valence-corrected chi connectivity index (χ2v) is 3.65. The topological polar surface area (TPSA) is 37.3 Å². The molecule has 72 valence electrons. The van der Waals surface area contributed by atoms with Gasteiger partial charge in [-0.2, -0.15) is 0 Å². The fourth-order valence-corrected chi connectivity index (χ4v) is 2.07. The van der Waals surface area contributed by atoms with E-state index in [-0.39, 0.29) is 12.3 Å². The van der Waals surface area contributed by atoms with Crippen molar-refractivity contribution in [3.63, 3.8) is 0 Å². The third kappa shape index (κ3) is 1.43.